The number of hydrogen-bond acceptors (Lipinski definition) is 4. The second kappa shape index (κ2) is 6.12. The monoisotopic (exact) mass is 316 g/mol. The van der Waals surface area contributed by atoms with Gasteiger partial charge in [0.2, 0.25) is 5.88 Å². The molecule has 0 aliphatic carbocycles. The van der Waals surface area contributed by atoms with Crippen molar-refractivity contribution in [3.05, 3.63) is 72.6 Å². The first kappa shape index (κ1) is 14.4. The van der Waals surface area contributed by atoms with E-state index in [2.05, 4.69) is 15.1 Å². The van der Waals surface area contributed by atoms with E-state index in [1.807, 2.05) is 67.7 Å². The zero-order chi connectivity index (χ0) is 16.4. The fourth-order valence-corrected chi connectivity index (χ4v) is 2.63. The molecule has 1 aromatic carbocycles. The summed E-state index contributed by atoms with van der Waals surface area (Å²) in [5.74, 6) is 0.566. The summed E-state index contributed by atoms with van der Waals surface area (Å²) in [6.07, 6.45) is 1.75. The summed E-state index contributed by atoms with van der Waals surface area (Å²) in [4.78, 5) is 8.83. The van der Waals surface area contributed by atoms with E-state index in [0.717, 1.165) is 28.0 Å². The SMILES string of the molecule is Cn1nc(-c2ccccc2)c2ccc(OCc3ccccn3)nc21. The summed E-state index contributed by atoms with van der Waals surface area (Å²) in [5.41, 5.74) is 3.67. The lowest BCUT2D eigenvalue weighted by molar-refractivity contribution is 0.290. The van der Waals surface area contributed by atoms with Crippen molar-refractivity contribution in [2.24, 2.45) is 7.05 Å². The third-order valence-corrected chi connectivity index (χ3v) is 3.80. The minimum Gasteiger partial charge on any atom is -0.471 e. The summed E-state index contributed by atoms with van der Waals surface area (Å²) in [6.45, 7) is 0.392. The van der Waals surface area contributed by atoms with Crippen LogP contribution in [0.2, 0.25) is 0 Å². The van der Waals surface area contributed by atoms with Gasteiger partial charge in [0.05, 0.1) is 5.69 Å². The summed E-state index contributed by atoms with van der Waals surface area (Å²) >= 11 is 0. The van der Waals surface area contributed by atoms with Crippen LogP contribution in [0.15, 0.2) is 66.9 Å². The Balaban J connectivity index is 1.65. The van der Waals surface area contributed by atoms with E-state index in [0.29, 0.717) is 12.5 Å². The van der Waals surface area contributed by atoms with Crippen LogP contribution in [0.5, 0.6) is 5.88 Å². The zero-order valence-corrected chi connectivity index (χ0v) is 13.3. The maximum Gasteiger partial charge on any atom is 0.215 e. The average molecular weight is 316 g/mol. The maximum absolute atomic E-state index is 5.76. The van der Waals surface area contributed by atoms with Gasteiger partial charge < -0.3 is 4.74 Å². The number of benzene rings is 1. The molecule has 118 valence electrons. The van der Waals surface area contributed by atoms with Gasteiger partial charge in [-0.05, 0) is 18.2 Å². The fourth-order valence-electron chi connectivity index (χ4n) is 2.63. The fraction of sp³-hybridized carbons (Fsp3) is 0.105. The minimum absolute atomic E-state index is 0.392. The number of pyridine rings is 2. The average Bonchev–Trinajstić information content (AvgIpc) is 2.98. The normalized spacial score (nSPS) is 10.9. The van der Waals surface area contributed by atoms with Gasteiger partial charge in [0.25, 0.3) is 0 Å². The number of rotatable bonds is 4. The Hall–Kier alpha value is -3.21. The van der Waals surface area contributed by atoms with E-state index in [4.69, 9.17) is 4.74 Å². The molecule has 0 amide bonds. The third-order valence-electron chi connectivity index (χ3n) is 3.80. The van der Waals surface area contributed by atoms with Crippen molar-refractivity contribution in [2.75, 3.05) is 0 Å². The van der Waals surface area contributed by atoms with E-state index in [-0.39, 0.29) is 0 Å². The van der Waals surface area contributed by atoms with Gasteiger partial charge in [0.15, 0.2) is 5.65 Å². The minimum atomic E-state index is 0.392. The molecule has 24 heavy (non-hydrogen) atoms. The maximum atomic E-state index is 5.76. The van der Waals surface area contributed by atoms with Gasteiger partial charge in [-0.25, -0.2) is 4.68 Å². The summed E-state index contributed by atoms with van der Waals surface area (Å²) < 4.78 is 7.54. The summed E-state index contributed by atoms with van der Waals surface area (Å²) in [5, 5.41) is 5.61. The molecule has 0 bridgehead atoms. The van der Waals surface area contributed by atoms with Crippen LogP contribution in [-0.2, 0) is 13.7 Å². The molecule has 0 radical (unpaired) electrons. The number of ether oxygens (including phenoxy) is 1. The Morgan fingerprint density at radius 2 is 1.79 bits per heavy atom. The molecule has 0 fully saturated rings. The zero-order valence-electron chi connectivity index (χ0n) is 13.3. The van der Waals surface area contributed by atoms with Crippen LogP contribution in [0.3, 0.4) is 0 Å². The first-order valence-electron chi connectivity index (χ1n) is 7.73. The number of fused-ring (bicyclic) bond motifs is 1. The molecule has 3 heterocycles. The van der Waals surface area contributed by atoms with Crippen LogP contribution in [0.4, 0.5) is 0 Å². The van der Waals surface area contributed by atoms with Crippen molar-refractivity contribution in [1.29, 1.82) is 0 Å². The van der Waals surface area contributed by atoms with E-state index in [9.17, 15) is 0 Å². The van der Waals surface area contributed by atoms with Crippen LogP contribution >= 0.6 is 0 Å². The molecule has 0 spiro atoms. The molecule has 0 aliphatic heterocycles. The van der Waals surface area contributed by atoms with Gasteiger partial charge >= 0.3 is 0 Å². The number of aromatic nitrogens is 4. The lowest BCUT2D eigenvalue weighted by Gasteiger charge is -2.05. The molecule has 3 aromatic heterocycles. The predicted octanol–water partition coefficient (Wildman–Crippen LogP) is 3.61. The standard InChI is InChI=1S/C19H16N4O/c1-23-19-16(18(22-23)14-7-3-2-4-8-14)10-11-17(21-19)24-13-15-9-5-6-12-20-15/h2-12H,13H2,1H3. The summed E-state index contributed by atoms with van der Waals surface area (Å²) in [6, 6.07) is 19.7. The Labute approximate surface area is 139 Å². The molecule has 5 heteroatoms. The van der Waals surface area contributed by atoms with Crippen molar-refractivity contribution in [3.8, 4) is 17.1 Å². The molecule has 5 nitrogen and oxygen atoms in total. The van der Waals surface area contributed by atoms with Gasteiger partial charge in [-0.2, -0.15) is 10.1 Å². The molecule has 4 rings (SSSR count). The van der Waals surface area contributed by atoms with Crippen molar-refractivity contribution >= 4 is 11.0 Å². The molecule has 0 saturated carbocycles. The van der Waals surface area contributed by atoms with Gasteiger partial charge in [-0.15, -0.1) is 0 Å². The molecular formula is C19H16N4O. The van der Waals surface area contributed by atoms with E-state index < -0.39 is 0 Å². The van der Waals surface area contributed by atoms with Crippen molar-refractivity contribution in [1.82, 2.24) is 19.7 Å². The Morgan fingerprint density at radius 1 is 0.958 bits per heavy atom. The van der Waals surface area contributed by atoms with Gasteiger partial charge in [-0.1, -0.05) is 36.4 Å². The molecule has 0 saturated heterocycles. The predicted molar refractivity (Wildman–Crippen MR) is 92.5 cm³/mol. The van der Waals surface area contributed by atoms with Crippen LogP contribution in [0, 0.1) is 0 Å². The number of hydrogen-bond donors (Lipinski definition) is 0. The molecular weight excluding hydrogens is 300 g/mol. The van der Waals surface area contributed by atoms with Crippen molar-refractivity contribution < 1.29 is 4.74 Å². The molecule has 0 aliphatic rings. The highest BCUT2D eigenvalue weighted by atomic mass is 16.5. The topological polar surface area (TPSA) is 52.8 Å². The molecule has 0 atom stereocenters. The molecule has 0 unspecified atom stereocenters. The van der Waals surface area contributed by atoms with Gasteiger partial charge in [0.1, 0.15) is 12.3 Å². The second-order valence-electron chi connectivity index (χ2n) is 5.47. The van der Waals surface area contributed by atoms with E-state index in [1.165, 1.54) is 0 Å². The number of nitrogens with zero attached hydrogens (tertiary/aromatic N) is 4. The lowest BCUT2D eigenvalue weighted by atomic mass is 10.1. The van der Waals surface area contributed by atoms with E-state index >= 15 is 0 Å². The van der Waals surface area contributed by atoms with Crippen LogP contribution in [0.25, 0.3) is 22.3 Å². The first-order valence-corrected chi connectivity index (χ1v) is 7.73. The third kappa shape index (κ3) is 2.72. The first-order chi connectivity index (χ1) is 11.8. The van der Waals surface area contributed by atoms with Gasteiger partial charge in [-0.3, -0.25) is 4.98 Å². The largest absolute Gasteiger partial charge is 0.471 e. The Morgan fingerprint density at radius 3 is 2.58 bits per heavy atom. The van der Waals surface area contributed by atoms with Crippen molar-refractivity contribution in [2.45, 2.75) is 6.61 Å². The van der Waals surface area contributed by atoms with Crippen LogP contribution in [0.1, 0.15) is 5.69 Å². The highest BCUT2D eigenvalue weighted by molar-refractivity contribution is 5.91. The Kier molecular flexibility index (Phi) is 3.67. The number of aryl methyl sites for hydroxylation is 1. The van der Waals surface area contributed by atoms with Gasteiger partial charge in [0, 0.05) is 30.3 Å². The summed E-state index contributed by atoms with van der Waals surface area (Å²) in [7, 11) is 1.89. The molecule has 0 N–H and O–H groups in total. The Bertz CT molecular complexity index is 965. The highest BCUT2D eigenvalue weighted by Gasteiger charge is 2.12. The van der Waals surface area contributed by atoms with E-state index in [1.54, 1.807) is 10.9 Å². The van der Waals surface area contributed by atoms with Crippen LogP contribution < -0.4 is 4.74 Å². The molecule has 4 aromatic rings. The quantitative estimate of drug-likeness (QED) is 0.577. The second-order valence-corrected chi connectivity index (χ2v) is 5.47. The lowest BCUT2D eigenvalue weighted by Crippen LogP contribution is -2.00. The highest BCUT2D eigenvalue weighted by Crippen LogP contribution is 2.27. The smallest absolute Gasteiger partial charge is 0.215 e. The van der Waals surface area contributed by atoms with Crippen LogP contribution in [-0.4, -0.2) is 19.7 Å². The van der Waals surface area contributed by atoms with Crippen molar-refractivity contribution in [3.63, 3.8) is 0 Å².